The molecule has 0 amide bonds. The van der Waals surface area contributed by atoms with Gasteiger partial charge in [0.05, 0.1) is 6.54 Å². The summed E-state index contributed by atoms with van der Waals surface area (Å²) in [4.78, 5) is 46.0. The number of rotatable bonds is 3. The van der Waals surface area contributed by atoms with E-state index in [9.17, 15) is 14.4 Å². The van der Waals surface area contributed by atoms with Gasteiger partial charge >= 0.3 is 17.9 Å². The largest absolute Gasteiger partial charge is 0.480 e. The van der Waals surface area contributed by atoms with Gasteiger partial charge in [-0.05, 0) is 0 Å². The van der Waals surface area contributed by atoms with E-state index in [1.165, 1.54) is 0 Å². The van der Waals surface area contributed by atoms with Gasteiger partial charge in [0.15, 0.2) is 0 Å². The maximum Gasteiger partial charge on any atom is 0.371 e. The molecule has 0 radical (unpaired) electrons. The number of aliphatic carboxylic acids is 3. The molecule has 100 valence electrons. The Morgan fingerprint density at radius 2 is 1.29 bits per heavy atom. The number of carbonyl (C=O) groups excluding carboxylic acids is 2. The normalized spacial score (nSPS) is 6.71. The SMILES string of the molecule is CC(=O)C(=O)O.NCC(=O)O.O.O=CC(=O)O. The number of Topliss-reactive ketones (excluding diaryl/α,β-unsaturated/α-hetero) is 1. The molecule has 0 heterocycles. The van der Waals surface area contributed by atoms with Gasteiger partial charge in [-0.15, -0.1) is 0 Å². The summed E-state index contributed by atoms with van der Waals surface area (Å²) in [7, 11) is 0. The number of hydrogen-bond acceptors (Lipinski definition) is 6. The summed E-state index contributed by atoms with van der Waals surface area (Å²) in [5.74, 6) is -4.60. The third kappa shape index (κ3) is 57.9. The number of hydrogen-bond donors (Lipinski definition) is 4. The molecular weight excluding hydrogens is 242 g/mol. The Kier molecular flexibility index (Phi) is 22.8. The van der Waals surface area contributed by atoms with Gasteiger partial charge in [0.2, 0.25) is 12.1 Å². The van der Waals surface area contributed by atoms with Crippen LogP contribution in [0.25, 0.3) is 0 Å². The quantitative estimate of drug-likeness (QED) is 0.301. The molecule has 0 saturated heterocycles. The second kappa shape index (κ2) is 16.1. The predicted octanol–water partition coefficient (Wildman–Crippen LogP) is -2.87. The minimum Gasteiger partial charge on any atom is -0.480 e. The molecule has 0 aromatic rings. The Labute approximate surface area is 95.0 Å². The summed E-state index contributed by atoms with van der Waals surface area (Å²) in [5, 5.41) is 22.6. The van der Waals surface area contributed by atoms with E-state index in [-0.39, 0.29) is 18.3 Å². The summed E-state index contributed by atoms with van der Waals surface area (Å²) in [6, 6.07) is 0. The molecule has 0 rings (SSSR count). The summed E-state index contributed by atoms with van der Waals surface area (Å²) in [5.41, 5.74) is 4.57. The van der Waals surface area contributed by atoms with Crippen LogP contribution in [-0.2, 0) is 24.0 Å². The Hall–Kier alpha value is -2.33. The lowest BCUT2D eigenvalue weighted by molar-refractivity contribution is -0.148. The lowest BCUT2D eigenvalue weighted by Gasteiger charge is -1.73. The van der Waals surface area contributed by atoms with E-state index in [0.29, 0.717) is 0 Å². The van der Waals surface area contributed by atoms with Crippen LogP contribution in [0.4, 0.5) is 0 Å². The highest BCUT2D eigenvalue weighted by Crippen LogP contribution is 1.61. The van der Waals surface area contributed by atoms with Crippen LogP contribution in [0, 0.1) is 0 Å². The number of carboxylic acids is 3. The molecule has 7 N–H and O–H groups in total. The van der Waals surface area contributed by atoms with Crippen LogP contribution < -0.4 is 5.73 Å². The minimum atomic E-state index is -1.43. The fourth-order valence-corrected chi connectivity index (χ4v) is 0. The first-order valence-electron chi connectivity index (χ1n) is 3.52. The number of carbonyl (C=O) groups is 5. The van der Waals surface area contributed by atoms with Crippen molar-refractivity contribution in [2.45, 2.75) is 6.92 Å². The fourth-order valence-electron chi connectivity index (χ4n) is 0. The second-order valence-electron chi connectivity index (χ2n) is 1.92. The zero-order valence-corrected chi connectivity index (χ0v) is 8.74. The Bertz CT molecular complexity index is 261. The van der Waals surface area contributed by atoms with E-state index >= 15 is 0 Å². The van der Waals surface area contributed by atoms with Crippen LogP contribution in [0.15, 0.2) is 0 Å². The van der Waals surface area contributed by atoms with Gasteiger partial charge < -0.3 is 26.5 Å². The van der Waals surface area contributed by atoms with Crippen molar-refractivity contribution in [3.05, 3.63) is 0 Å². The Balaban J connectivity index is -0.0000000729. The van der Waals surface area contributed by atoms with Crippen LogP contribution >= 0.6 is 0 Å². The zero-order chi connectivity index (χ0) is 13.7. The van der Waals surface area contributed by atoms with Crippen molar-refractivity contribution in [3.8, 4) is 0 Å². The minimum absolute atomic E-state index is 0. The predicted molar refractivity (Wildman–Crippen MR) is 52.3 cm³/mol. The molecule has 10 heteroatoms. The lowest BCUT2D eigenvalue weighted by atomic mass is 10.5. The molecule has 0 aliphatic heterocycles. The molecule has 0 aromatic heterocycles. The van der Waals surface area contributed by atoms with Gasteiger partial charge in [-0.1, -0.05) is 0 Å². The molecular formula is C7H13NO9. The lowest BCUT2D eigenvalue weighted by Crippen LogP contribution is -2.10. The van der Waals surface area contributed by atoms with Crippen molar-refractivity contribution < 1.29 is 44.8 Å². The molecule has 0 aliphatic carbocycles. The van der Waals surface area contributed by atoms with Crippen molar-refractivity contribution in [1.29, 1.82) is 0 Å². The van der Waals surface area contributed by atoms with Crippen molar-refractivity contribution in [1.82, 2.24) is 0 Å². The molecule has 0 atom stereocenters. The van der Waals surface area contributed by atoms with Gasteiger partial charge in [-0.2, -0.15) is 0 Å². The summed E-state index contributed by atoms with van der Waals surface area (Å²) in [6.07, 6.45) is -0.167. The molecule has 0 unspecified atom stereocenters. The summed E-state index contributed by atoms with van der Waals surface area (Å²) in [6.45, 7) is 0.725. The van der Waals surface area contributed by atoms with Crippen LogP contribution in [0.5, 0.6) is 0 Å². The first-order chi connectivity index (χ1) is 7.18. The van der Waals surface area contributed by atoms with Crippen LogP contribution in [-0.4, -0.2) is 57.3 Å². The highest BCUT2D eigenvalue weighted by atomic mass is 16.4. The molecule has 17 heavy (non-hydrogen) atoms. The topological polar surface area (TPSA) is 204 Å². The third-order valence-corrected chi connectivity index (χ3v) is 0.577. The van der Waals surface area contributed by atoms with Crippen LogP contribution in [0.2, 0.25) is 0 Å². The molecule has 0 spiro atoms. The number of nitrogens with two attached hydrogens (primary N) is 1. The maximum atomic E-state index is 9.54. The van der Waals surface area contributed by atoms with Gasteiger partial charge in [0.1, 0.15) is 0 Å². The highest BCUT2D eigenvalue weighted by molar-refractivity contribution is 6.31. The van der Waals surface area contributed by atoms with E-state index in [1.807, 2.05) is 0 Å². The molecule has 0 fully saturated rings. The number of carboxylic acid groups (broad SMARTS) is 3. The van der Waals surface area contributed by atoms with Crippen LogP contribution in [0.1, 0.15) is 6.92 Å². The van der Waals surface area contributed by atoms with Crippen LogP contribution in [0.3, 0.4) is 0 Å². The van der Waals surface area contributed by atoms with E-state index in [2.05, 4.69) is 5.73 Å². The molecule has 0 aromatic carbocycles. The van der Waals surface area contributed by atoms with Crippen molar-refractivity contribution >= 4 is 30.0 Å². The van der Waals surface area contributed by atoms with Gasteiger partial charge in [0.25, 0.3) is 0 Å². The number of ketones is 1. The highest BCUT2D eigenvalue weighted by Gasteiger charge is 1.98. The van der Waals surface area contributed by atoms with Gasteiger partial charge in [-0.25, -0.2) is 9.59 Å². The first kappa shape index (κ1) is 24.1. The van der Waals surface area contributed by atoms with E-state index in [4.69, 9.17) is 24.9 Å². The molecule has 0 aliphatic rings. The summed E-state index contributed by atoms with van der Waals surface area (Å²) >= 11 is 0. The first-order valence-corrected chi connectivity index (χ1v) is 3.52. The summed E-state index contributed by atoms with van der Waals surface area (Å²) < 4.78 is 0. The smallest absolute Gasteiger partial charge is 0.371 e. The average molecular weight is 255 g/mol. The maximum absolute atomic E-state index is 9.54. The molecule has 0 saturated carbocycles. The Morgan fingerprint density at radius 1 is 1.12 bits per heavy atom. The molecule has 0 bridgehead atoms. The number of aldehydes is 1. The average Bonchev–Trinajstić information content (AvgIpc) is 2.19. The Morgan fingerprint density at radius 3 is 1.29 bits per heavy atom. The van der Waals surface area contributed by atoms with E-state index in [1.54, 1.807) is 0 Å². The van der Waals surface area contributed by atoms with Crippen molar-refractivity contribution in [3.63, 3.8) is 0 Å². The molecule has 10 nitrogen and oxygen atoms in total. The van der Waals surface area contributed by atoms with Gasteiger partial charge in [-0.3, -0.25) is 14.4 Å². The van der Waals surface area contributed by atoms with E-state index in [0.717, 1.165) is 6.92 Å². The van der Waals surface area contributed by atoms with Crippen molar-refractivity contribution in [2.24, 2.45) is 5.73 Å². The fraction of sp³-hybridized carbons (Fsp3) is 0.286. The van der Waals surface area contributed by atoms with Crippen molar-refractivity contribution in [2.75, 3.05) is 6.54 Å². The third-order valence-electron chi connectivity index (χ3n) is 0.577. The monoisotopic (exact) mass is 255 g/mol. The second-order valence-corrected chi connectivity index (χ2v) is 1.92. The zero-order valence-electron chi connectivity index (χ0n) is 8.74. The standard InChI is InChI=1S/C3H4O3.C2H5NO2.C2H2O3.H2O/c1-2(4)3(5)6;2*3-1-2(4)5;/h1H3,(H,5,6);1,3H2,(H,4,5);1H,(H,4,5);1H2. The van der Waals surface area contributed by atoms with E-state index < -0.39 is 23.7 Å². The van der Waals surface area contributed by atoms with Gasteiger partial charge in [0, 0.05) is 6.92 Å².